The van der Waals surface area contributed by atoms with Crippen LogP contribution in [0.3, 0.4) is 0 Å². The first kappa shape index (κ1) is 16.1. The summed E-state index contributed by atoms with van der Waals surface area (Å²) >= 11 is 7.79. The van der Waals surface area contributed by atoms with Crippen LogP contribution in [0.1, 0.15) is 13.8 Å². The molecular weight excluding hydrogens is 261 g/mol. The highest BCUT2D eigenvalue weighted by molar-refractivity contribution is 7.93. The van der Waals surface area contributed by atoms with Crippen LogP contribution in [0.5, 0.6) is 0 Å². The van der Waals surface area contributed by atoms with Gasteiger partial charge < -0.3 is 0 Å². The number of hydrogen-bond donors (Lipinski definition) is 0. The standard InChI is InChI=1S/C12H19ClNS.ClH/c1-3-14(4-2,11-10-13)15-12-8-6-5-7-9-12;/h5-9H,3-4,10-11H2,1-2H3;1H/q+1;. The van der Waals surface area contributed by atoms with Crippen molar-refractivity contribution in [3.63, 3.8) is 0 Å². The van der Waals surface area contributed by atoms with Gasteiger partial charge in [0.15, 0.2) is 0 Å². The minimum absolute atomic E-state index is 0. The van der Waals surface area contributed by atoms with Gasteiger partial charge in [0.1, 0.15) is 18.5 Å². The van der Waals surface area contributed by atoms with Crippen LogP contribution in [0.4, 0.5) is 0 Å². The van der Waals surface area contributed by atoms with E-state index in [0.717, 1.165) is 29.4 Å². The van der Waals surface area contributed by atoms with Crippen molar-refractivity contribution in [3.8, 4) is 0 Å². The number of benzene rings is 1. The van der Waals surface area contributed by atoms with Crippen molar-refractivity contribution in [2.24, 2.45) is 0 Å². The third-order valence-electron chi connectivity index (χ3n) is 2.69. The Hall–Kier alpha value is 0.110. The molecule has 1 aromatic carbocycles. The van der Waals surface area contributed by atoms with Gasteiger partial charge in [-0.3, -0.25) is 3.89 Å². The summed E-state index contributed by atoms with van der Waals surface area (Å²) in [6.07, 6.45) is 0. The van der Waals surface area contributed by atoms with Gasteiger partial charge >= 0.3 is 0 Å². The van der Waals surface area contributed by atoms with Crippen LogP contribution in [-0.4, -0.2) is 29.4 Å². The van der Waals surface area contributed by atoms with Gasteiger partial charge in [0.25, 0.3) is 0 Å². The number of nitrogens with zero attached hydrogens (tertiary/aromatic N) is 1. The number of quaternary nitrogens is 1. The predicted molar refractivity (Wildman–Crippen MR) is 76.5 cm³/mol. The highest BCUT2D eigenvalue weighted by Gasteiger charge is 2.25. The third kappa shape index (κ3) is 4.54. The van der Waals surface area contributed by atoms with Crippen LogP contribution in [0, 0.1) is 0 Å². The molecule has 0 saturated carbocycles. The van der Waals surface area contributed by atoms with E-state index in [-0.39, 0.29) is 12.4 Å². The van der Waals surface area contributed by atoms with Crippen molar-refractivity contribution in [1.82, 2.24) is 0 Å². The minimum Gasteiger partial charge on any atom is -0.257 e. The first-order valence-corrected chi connectivity index (χ1v) is 6.74. The number of rotatable bonds is 6. The summed E-state index contributed by atoms with van der Waals surface area (Å²) < 4.78 is 1.01. The zero-order valence-corrected chi connectivity index (χ0v) is 12.2. The molecule has 0 aliphatic heterocycles. The second-order valence-electron chi connectivity index (χ2n) is 3.51. The summed E-state index contributed by atoms with van der Waals surface area (Å²) in [7, 11) is 0. The average Bonchev–Trinajstić information content (AvgIpc) is 2.30. The fourth-order valence-corrected chi connectivity index (χ4v) is 3.16. The van der Waals surface area contributed by atoms with E-state index in [0.29, 0.717) is 0 Å². The number of hydrogen-bond acceptors (Lipinski definition) is 1. The molecule has 0 bridgehead atoms. The van der Waals surface area contributed by atoms with Crippen molar-refractivity contribution in [2.75, 3.05) is 25.5 Å². The van der Waals surface area contributed by atoms with Gasteiger partial charge in [-0.05, 0) is 26.0 Å². The number of halogens is 2. The summed E-state index contributed by atoms with van der Waals surface area (Å²) in [5.74, 6) is 0.724. The molecule has 0 aliphatic rings. The van der Waals surface area contributed by atoms with Gasteiger partial charge in [-0.25, -0.2) is 0 Å². The Morgan fingerprint density at radius 1 is 1.12 bits per heavy atom. The molecule has 92 valence electrons. The molecule has 0 radical (unpaired) electrons. The SMILES string of the molecule is CC[N+](CC)(CCCl)Sc1ccccc1.Cl. The Balaban J connectivity index is 0.00000225. The molecule has 0 heterocycles. The molecule has 0 N–H and O–H groups in total. The lowest BCUT2D eigenvalue weighted by molar-refractivity contribution is -0.788. The van der Waals surface area contributed by atoms with Crippen LogP contribution in [0.2, 0.25) is 0 Å². The van der Waals surface area contributed by atoms with Crippen molar-refractivity contribution >= 4 is 36.0 Å². The molecule has 1 nitrogen and oxygen atoms in total. The Morgan fingerprint density at radius 2 is 1.69 bits per heavy atom. The minimum atomic E-state index is 0. The molecule has 1 rings (SSSR count). The van der Waals surface area contributed by atoms with Crippen LogP contribution >= 0.6 is 36.0 Å². The van der Waals surface area contributed by atoms with Crippen molar-refractivity contribution in [1.29, 1.82) is 0 Å². The van der Waals surface area contributed by atoms with Crippen molar-refractivity contribution in [3.05, 3.63) is 30.3 Å². The van der Waals surface area contributed by atoms with E-state index in [9.17, 15) is 0 Å². The summed E-state index contributed by atoms with van der Waals surface area (Å²) in [5, 5.41) is 0. The van der Waals surface area contributed by atoms with Crippen LogP contribution in [0.25, 0.3) is 0 Å². The monoisotopic (exact) mass is 280 g/mol. The first-order valence-electron chi connectivity index (χ1n) is 5.43. The largest absolute Gasteiger partial charge is 0.257 e. The Morgan fingerprint density at radius 3 is 2.12 bits per heavy atom. The molecule has 1 aromatic rings. The summed E-state index contributed by atoms with van der Waals surface area (Å²) in [6.45, 7) is 7.71. The van der Waals surface area contributed by atoms with E-state index >= 15 is 0 Å². The molecule has 0 aliphatic carbocycles. The zero-order chi connectivity index (χ0) is 11.1. The highest BCUT2D eigenvalue weighted by Crippen LogP contribution is 2.30. The van der Waals surface area contributed by atoms with E-state index in [1.54, 1.807) is 0 Å². The van der Waals surface area contributed by atoms with E-state index in [4.69, 9.17) is 11.6 Å². The lowest BCUT2D eigenvalue weighted by Gasteiger charge is -2.33. The Labute approximate surface area is 114 Å². The summed E-state index contributed by atoms with van der Waals surface area (Å²) in [4.78, 5) is 1.33. The van der Waals surface area contributed by atoms with Crippen molar-refractivity contribution < 1.29 is 3.89 Å². The molecule has 0 atom stereocenters. The van der Waals surface area contributed by atoms with Crippen LogP contribution in [0.15, 0.2) is 35.2 Å². The van der Waals surface area contributed by atoms with E-state index in [1.807, 2.05) is 11.9 Å². The van der Waals surface area contributed by atoms with Crippen LogP contribution in [-0.2, 0) is 0 Å². The lowest BCUT2D eigenvalue weighted by Crippen LogP contribution is -2.42. The van der Waals surface area contributed by atoms with E-state index in [2.05, 4.69) is 44.2 Å². The average molecular weight is 281 g/mol. The van der Waals surface area contributed by atoms with Gasteiger partial charge in [0.2, 0.25) is 0 Å². The summed E-state index contributed by atoms with van der Waals surface area (Å²) in [6, 6.07) is 10.6. The molecule has 4 heteroatoms. The van der Waals surface area contributed by atoms with Gasteiger partial charge in [-0.2, -0.15) is 0 Å². The van der Waals surface area contributed by atoms with Crippen LogP contribution < -0.4 is 0 Å². The third-order valence-corrected chi connectivity index (χ3v) is 4.43. The van der Waals surface area contributed by atoms with Gasteiger partial charge in [-0.1, -0.05) is 18.2 Å². The predicted octanol–water partition coefficient (Wildman–Crippen LogP) is 4.21. The topological polar surface area (TPSA) is 0 Å². The maximum absolute atomic E-state index is 5.88. The fraction of sp³-hybridized carbons (Fsp3) is 0.500. The second kappa shape index (κ2) is 8.24. The molecule has 0 saturated heterocycles. The van der Waals surface area contributed by atoms with Gasteiger partial charge in [-0.15, -0.1) is 24.0 Å². The molecule has 16 heavy (non-hydrogen) atoms. The van der Waals surface area contributed by atoms with E-state index < -0.39 is 0 Å². The van der Waals surface area contributed by atoms with E-state index in [1.165, 1.54) is 4.90 Å². The Kier molecular flexibility index (Phi) is 8.29. The smallest absolute Gasteiger partial charge is 0.112 e. The first-order chi connectivity index (χ1) is 7.26. The molecule has 0 unspecified atom stereocenters. The molecule has 0 spiro atoms. The maximum atomic E-state index is 5.88. The second-order valence-corrected chi connectivity index (χ2v) is 5.31. The number of alkyl halides is 1. The zero-order valence-electron chi connectivity index (χ0n) is 9.86. The summed E-state index contributed by atoms with van der Waals surface area (Å²) in [5.41, 5.74) is 0. The quantitative estimate of drug-likeness (QED) is 0.427. The van der Waals surface area contributed by atoms with Crippen molar-refractivity contribution in [2.45, 2.75) is 18.7 Å². The molecular formula is C12H20Cl2NS+. The van der Waals surface area contributed by atoms with Gasteiger partial charge in [0, 0.05) is 0 Å². The Bertz CT molecular complexity index is 276. The molecule has 0 aromatic heterocycles. The normalized spacial score (nSPS) is 10.9. The lowest BCUT2D eigenvalue weighted by atomic mass is 10.4. The fourth-order valence-electron chi connectivity index (χ4n) is 1.57. The maximum Gasteiger partial charge on any atom is 0.112 e. The molecule has 0 amide bonds. The van der Waals surface area contributed by atoms with Gasteiger partial charge in [0.05, 0.1) is 23.9 Å². The molecule has 0 fully saturated rings. The highest BCUT2D eigenvalue weighted by atomic mass is 35.5.